The first-order chi connectivity index (χ1) is 10.8. The van der Waals surface area contributed by atoms with Gasteiger partial charge in [-0.25, -0.2) is 9.52 Å². The fraction of sp³-hybridized carbons (Fsp3) is 0.154. The highest BCUT2D eigenvalue weighted by atomic mass is 35.5. The van der Waals surface area contributed by atoms with Crippen molar-refractivity contribution in [1.82, 2.24) is 19.3 Å². The van der Waals surface area contributed by atoms with Crippen LogP contribution in [0.4, 0.5) is 0 Å². The number of halogens is 2. The number of aromatic nitrogens is 5. The second kappa shape index (κ2) is 5.32. The number of benzene rings is 1. The Balaban J connectivity index is 2.43. The molecule has 0 atom stereocenters. The summed E-state index contributed by atoms with van der Waals surface area (Å²) >= 11 is 11.8. The molecular weight excluding hydrogens is 345 g/mol. The van der Waals surface area contributed by atoms with Gasteiger partial charge in [0.2, 0.25) is 11.5 Å². The van der Waals surface area contributed by atoms with Crippen LogP contribution in [0.25, 0.3) is 22.9 Å². The molecule has 0 saturated heterocycles. The molecular formula is C13H9Cl2N5O3. The molecule has 0 N–H and O–H groups in total. The van der Waals surface area contributed by atoms with Crippen molar-refractivity contribution in [1.29, 1.82) is 0 Å². The number of fused-ring (bicyclic) bond motifs is 1. The highest BCUT2D eigenvalue weighted by Crippen LogP contribution is 2.26. The maximum atomic E-state index is 12.6. The highest BCUT2D eigenvalue weighted by molar-refractivity contribution is 6.42. The molecule has 2 heterocycles. The third-order valence-electron chi connectivity index (χ3n) is 3.33. The summed E-state index contributed by atoms with van der Waals surface area (Å²) in [6.07, 6.45) is 0. The monoisotopic (exact) mass is 353 g/mol. The summed E-state index contributed by atoms with van der Waals surface area (Å²) in [6, 6.07) is 4.53. The zero-order valence-corrected chi connectivity index (χ0v) is 13.5. The van der Waals surface area contributed by atoms with Crippen LogP contribution in [0.5, 0.6) is 0 Å². The van der Waals surface area contributed by atoms with Crippen LogP contribution in [-0.2, 0) is 14.1 Å². The first kappa shape index (κ1) is 15.4. The number of hydrogen-bond acceptors (Lipinski definition) is 5. The Morgan fingerprint density at radius 1 is 1.17 bits per heavy atom. The largest absolute Gasteiger partial charge is 0.710 e. The topological polar surface area (TPSA) is 96.7 Å². The lowest BCUT2D eigenvalue weighted by Crippen LogP contribution is -2.47. The molecule has 0 aromatic heterocycles. The highest BCUT2D eigenvalue weighted by Gasteiger charge is 2.28. The molecule has 3 rings (SSSR count). The standard InChI is InChI=1S/C13H9Cl2N5O3/c1-18-12(21)9-11(16-13(18)22)19(2)17-10(20(9)23)6-3-4-7(14)8(15)5-6/h3-5H,1-2H3. The lowest BCUT2D eigenvalue weighted by Gasteiger charge is -2.14. The average Bonchev–Trinajstić information content (AvgIpc) is 2.51. The Kier molecular flexibility index (Phi) is 3.57. The van der Waals surface area contributed by atoms with Crippen molar-refractivity contribution in [2.75, 3.05) is 0 Å². The second-order valence-corrected chi connectivity index (χ2v) is 5.62. The first-order valence-electron chi connectivity index (χ1n) is 6.34. The van der Waals surface area contributed by atoms with E-state index in [1.54, 1.807) is 6.07 Å². The van der Waals surface area contributed by atoms with Crippen LogP contribution in [0.3, 0.4) is 0 Å². The molecule has 8 nitrogen and oxygen atoms in total. The molecule has 0 spiro atoms. The van der Waals surface area contributed by atoms with E-state index in [1.807, 2.05) is 0 Å². The van der Waals surface area contributed by atoms with Gasteiger partial charge in [0.15, 0.2) is 0 Å². The van der Waals surface area contributed by atoms with Crippen LogP contribution in [0, 0.1) is 5.21 Å². The van der Waals surface area contributed by atoms with Gasteiger partial charge < -0.3 is 5.21 Å². The average molecular weight is 354 g/mol. The maximum absolute atomic E-state index is 12.6. The lowest BCUT2D eigenvalue weighted by atomic mass is 10.2. The smallest absolute Gasteiger partial charge is 0.359 e. The quantitative estimate of drug-likeness (QED) is 0.471. The second-order valence-electron chi connectivity index (χ2n) is 4.80. The summed E-state index contributed by atoms with van der Waals surface area (Å²) in [4.78, 5) is 27.6. The molecule has 118 valence electrons. The van der Waals surface area contributed by atoms with E-state index < -0.39 is 11.2 Å². The van der Waals surface area contributed by atoms with Gasteiger partial charge in [0.1, 0.15) is 0 Å². The summed E-state index contributed by atoms with van der Waals surface area (Å²) in [5.74, 6) is -0.159. The van der Waals surface area contributed by atoms with Crippen molar-refractivity contribution in [3.05, 3.63) is 54.3 Å². The van der Waals surface area contributed by atoms with Crippen LogP contribution in [0.2, 0.25) is 10.0 Å². The van der Waals surface area contributed by atoms with Crippen molar-refractivity contribution < 1.29 is 4.73 Å². The molecule has 0 unspecified atom stereocenters. The third kappa shape index (κ3) is 2.36. The Labute approximate surface area is 139 Å². The van der Waals surface area contributed by atoms with Gasteiger partial charge in [0, 0.05) is 7.05 Å². The van der Waals surface area contributed by atoms with Gasteiger partial charge in [0.25, 0.3) is 0 Å². The summed E-state index contributed by atoms with van der Waals surface area (Å²) < 4.78 is 2.30. The number of nitrogens with zero attached hydrogens (tertiary/aromatic N) is 5. The van der Waals surface area contributed by atoms with Gasteiger partial charge in [-0.15, -0.1) is 0 Å². The molecule has 0 fully saturated rings. The van der Waals surface area contributed by atoms with Crippen molar-refractivity contribution in [2.24, 2.45) is 14.1 Å². The number of hydrogen-bond donors (Lipinski definition) is 0. The van der Waals surface area contributed by atoms with E-state index in [0.29, 0.717) is 15.3 Å². The molecule has 0 saturated carbocycles. The zero-order valence-electron chi connectivity index (χ0n) is 11.9. The fourth-order valence-corrected chi connectivity index (χ4v) is 2.41. The van der Waals surface area contributed by atoms with Crippen LogP contribution in [-0.4, -0.2) is 19.3 Å². The third-order valence-corrected chi connectivity index (χ3v) is 4.07. The van der Waals surface area contributed by atoms with Gasteiger partial charge in [-0.2, -0.15) is 9.67 Å². The van der Waals surface area contributed by atoms with E-state index >= 15 is 0 Å². The van der Waals surface area contributed by atoms with E-state index in [2.05, 4.69) is 10.1 Å². The molecule has 2 aliphatic rings. The minimum absolute atomic E-state index is 0.0592. The molecule has 10 heteroatoms. The Morgan fingerprint density at radius 3 is 2.52 bits per heavy atom. The fourth-order valence-electron chi connectivity index (χ4n) is 2.11. The molecule has 1 aromatic carbocycles. The predicted octanol–water partition coefficient (Wildman–Crippen LogP) is 0.586. The molecule has 0 amide bonds. The van der Waals surface area contributed by atoms with E-state index in [0.717, 1.165) is 4.57 Å². The van der Waals surface area contributed by atoms with Crippen molar-refractivity contribution >= 4 is 23.2 Å². The van der Waals surface area contributed by atoms with Gasteiger partial charge in [-0.3, -0.25) is 9.36 Å². The Bertz CT molecular complexity index is 1030. The molecule has 0 aliphatic carbocycles. The molecule has 2 aliphatic heterocycles. The van der Waals surface area contributed by atoms with E-state index in [4.69, 9.17) is 23.2 Å². The van der Waals surface area contributed by atoms with E-state index in [1.165, 1.54) is 30.9 Å². The maximum Gasteiger partial charge on any atom is 0.359 e. The number of rotatable bonds is 1. The molecule has 0 radical (unpaired) electrons. The van der Waals surface area contributed by atoms with Crippen LogP contribution in [0.15, 0.2) is 27.8 Å². The van der Waals surface area contributed by atoms with E-state index in [-0.39, 0.29) is 22.4 Å². The zero-order chi connectivity index (χ0) is 16.9. The SMILES string of the molecule is Cn1nc(-c2ccc(Cl)c(Cl)c2)[n+]([O-])c2c(=O)n(C)c(=O)nc1-2. The molecule has 23 heavy (non-hydrogen) atoms. The normalized spacial score (nSPS) is 11.1. The van der Waals surface area contributed by atoms with Gasteiger partial charge in [-0.05, 0) is 18.2 Å². The van der Waals surface area contributed by atoms with Crippen LogP contribution < -0.4 is 16.0 Å². The predicted molar refractivity (Wildman–Crippen MR) is 83.6 cm³/mol. The van der Waals surface area contributed by atoms with Crippen molar-refractivity contribution in [3.63, 3.8) is 0 Å². The van der Waals surface area contributed by atoms with Gasteiger partial charge in [-0.1, -0.05) is 23.2 Å². The lowest BCUT2D eigenvalue weighted by molar-refractivity contribution is -0.587. The first-order valence-corrected chi connectivity index (χ1v) is 7.10. The van der Waals surface area contributed by atoms with Crippen molar-refractivity contribution in [3.8, 4) is 22.9 Å². The minimum Gasteiger partial charge on any atom is -0.710 e. The van der Waals surface area contributed by atoms with Gasteiger partial charge in [0.05, 0.1) is 27.8 Å². The van der Waals surface area contributed by atoms with E-state index in [9.17, 15) is 14.8 Å². The number of aryl methyl sites for hydroxylation is 1. The summed E-state index contributed by atoms with van der Waals surface area (Å²) in [5, 5.41) is 17.2. The Morgan fingerprint density at radius 2 is 1.87 bits per heavy atom. The summed E-state index contributed by atoms with van der Waals surface area (Å²) in [7, 11) is 2.73. The summed E-state index contributed by atoms with van der Waals surface area (Å²) in [6.45, 7) is 0. The minimum atomic E-state index is -0.762. The van der Waals surface area contributed by atoms with Crippen LogP contribution >= 0.6 is 23.2 Å². The van der Waals surface area contributed by atoms with Crippen LogP contribution in [0.1, 0.15) is 0 Å². The van der Waals surface area contributed by atoms with Crippen molar-refractivity contribution in [2.45, 2.75) is 0 Å². The summed E-state index contributed by atoms with van der Waals surface area (Å²) in [5.41, 5.74) is -1.43. The Hall–Kier alpha value is -2.45. The molecule has 1 aromatic rings. The molecule has 0 bridgehead atoms. The van der Waals surface area contributed by atoms with Gasteiger partial charge >= 0.3 is 17.1 Å².